The lowest BCUT2D eigenvalue weighted by atomic mass is 9.59. The first kappa shape index (κ1) is 27.2. The molecule has 0 radical (unpaired) electrons. The smallest absolute Gasteiger partial charge is 0.382 e. The first-order chi connectivity index (χ1) is 15.2. The molecular formula is C23H30F6N2O2. The van der Waals surface area contributed by atoms with Crippen molar-refractivity contribution in [2.24, 2.45) is 11.1 Å². The van der Waals surface area contributed by atoms with Crippen molar-refractivity contribution in [3.05, 3.63) is 42.0 Å². The maximum Gasteiger partial charge on any atom is 0.416 e. The summed E-state index contributed by atoms with van der Waals surface area (Å²) in [5.41, 5.74) is 0.465. The van der Waals surface area contributed by atoms with Crippen molar-refractivity contribution < 1.29 is 35.9 Å². The van der Waals surface area contributed by atoms with E-state index in [0.717, 1.165) is 24.5 Å². The number of carbonyl (C=O) groups is 1. The lowest BCUT2D eigenvalue weighted by molar-refractivity contribution is -0.145. The SMILES string of the molecule is C=CC1(C)N(c2cc(C(F)(F)F)cc(C(F)(F)F)c2)C(=O)C12CCC(N)C2.CCCOCC. The third-order valence-electron chi connectivity index (χ3n) is 6.38. The maximum absolute atomic E-state index is 13.1. The van der Waals surface area contributed by atoms with Crippen molar-refractivity contribution in [2.45, 2.75) is 70.4 Å². The van der Waals surface area contributed by atoms with Gasteiger partial charge < -0.3 is 15.4 Å². The van der Waals surface area contributed by atoms with Crippen molar-refractivity contribution >= 4 is 11.6 Å². The molecular weight excluding hydrogens is 450 g/mol. The molecule has 1 aliphatic carbocycles. The molecule has 1 saturated heterocycles. The average Bonchev–Trinajstić information content (AvgIpc) is 3.16. The molecule has 3 atom stereocenters. The van der Waals surface area contributed by atoms with Gasteiger partial charge in [-0.25, -0.2) is 0 Å². The second-order valence-electron chi connectivity index (χ2n) is 8.54. The summed E-state index contributed by atoms with van der Waals surface area (Å²) in [5, 5.41) is 0. The highest BCUT2D eigenvalue weighted by Gasteiger charge is 2.69. The summed E-state index contributed by atoms with van der Waals surface area (Å²) in [6, 6.07) is 0.927. The van der Waals surface area contributed by atoms with E-state index in [1.165, 1.54) is 6.08 Å². The number of nitrogens with two attached hydrogens (primary N) is 1. The van der Waals surface area contributed by atoms with Gasteiger partial charge in [0.05, 0.1) is 22.1 Å². The zero-order valence-electron chi connectivity index (χ0n) is 18.9. The van der Waals surface area contributed by atoms with Gasteiger partial charge in [-0.05, 0) is 57.7 Å². The van der Waals surface area contributed by atoms with Gasteiger partial charge in [0, 0.05) is 24.9 Å². The highest BCUT2D eigenvalue weighted by molar-refractivity contribution is 6.09. The second-order valence-corrected chi connectivity index (χ2v) is 8.54. The summed E-state index contributed by atoms with van der Waals surface area (Å²) in [5.74, 6) is -0.523. The Morgan fingerprint density at radius 3 is 2.03 bits per heavy atom. The minimum Gasteiger partial charge on any atom is -0.382 e. The van der Waals surface area contributed by atoms with Gasteiger partial charge in [-0.2, -0.15) is 26.3 Å². The Labute approximate surface area is 189 Å². The first-order valence-corrected chi connectivity index (χ1v) is 10.8. The number of alkyl halides is 6. The molecule has 2 fully saturated rings. The minimum absolute atomic E-state index is 0.0419. The van der Waals surface area contributed by atoms with Crippen molar-refractivity contribution in [2.75, 3.05) is 18.1 Å². The van der Waals surface area contributed by atoms with Gasteiger partial charge in [0.2, 0.25) is 5.91 Å². The Morgan fingerprint density at radius 2 is 1.70 bits per heavy atom. The summed E-state index contributed by atoms with van der Waals surface area (Å²) < 4.78 is 83.8. The van der Waals surface area contributed by atoms with Crippen LogP contribution >= 0.6 is 0 Å². The van der Waals surface area contributed by atoms with Crippen molar-refractivity contribution in [1.29, 1.82) is 0 Å². The maximum atomic E-state index is 13.1. The lowest BCUT2D eigenvalue weighted by Gasteiger charge is -2.61. The summed E-state index contributed by atoms with van der Waals surface area (Å²) >= 11 is 0. The molecule has 33 heavy (non-hydrogen) atoms. The Morgan fingerprint density at radius 1 is 1.15 bits per heavy atom. The van der Waals surface area contributed by atoms with Crippen LogP contribution in [0.3, 0.4) is 0 Å². The van der Waals surface area contributed by atoms with E-state index in [1.54, 1.807) is 6.92 Å². The molecule has 1 aliphatic heterocycles. The zero-order chi connectivity index (χ0) is 25.2. The van der Waals surface area contributed by atoms with Gasteiger partial charge in [0.1, 0.15) is 0 Å². The Balaban J connectivity index is 0.000000569. The third-order valence-corrected chi connectivity index (χ3v) is 6.38. The molecule has 1 heterocycles. The van der Waals surface area contributed by atoms with Gasteiger partial charge in [-0.3, -0.25) is 4.79 Å². The van der Waals surface area contributed by atoms with Crippen LogP contribution in [0.5, 0.6) is 0 Å². The number of halogens is 6. The second kappa shape index (κ2) is 9.66. The number of nitrogens with zero attached hydrogens (tertiary/aromatic N) is 1. The van der Waals surface area contributed by atoms with Crippen LogP contribution in [0.4, 0.5) is 32.0 Å². The van der Waals surface area contributed by atoms with Crippen LogP contribution in [0.1, 0.15) is 57.6 Å². The van der Waals surface area contributed by atoms with Gasteiger partial charge in [0.15, 0.2) is 0 Å². The molecule has 0 aromatic heterocycles. The van der Waals surface area contributed by atoms with Crippen LogP contribution in [-0.2, 0) is 21.9 Å². The summed E-state index contributed by atoms with van der Waals surface area (Å²) in [7, 11) is 0. The molecule has 1 spiro atoms. The minimum atomic E-state index is -4.98. The normalized spacial score (nSPS) is 27.3. The van der Waals surface area contributed by atoms with E-state index in [2.05, 4.69) is 13.5 Å². The van der Waals surface area contributed by atoms with E-state index < -0.39 is 46.0 Å². The number of β-lactam (4-membered cyclic amide) rings is 1. The van der Waals surface area contributed by atoms with E-state index >= 15 is 0 Å². The van der Waals surface area contributed by atoms with Gasteiger partial charge in [0.25, 0.3) is 0 Å². The van der Waals surface area contributed by atoms with Crippen molar-refractivity contribution in [3.63, 3.8) is 0 Å². The van der Waals surface area contributed by atoms with Gasteiger partial charge in [-0.15, -0.1) is 6.58 Å². The van der Waals surface area contributed by atoms with Gasteiger partial charge >= 0.3 is 12.4 Å². The number of rotatable bonds is 5. The van der Waals surface area contributed by atoms with Crippen LogP contribution in [0.2, 0.25) is 0 Å². The van der Waals surface area contributed by atoms with Crippen LogP contribution in [0.15, 0.2) is 30.9 Å². The molecule has 10 heteroatoms. The number of hydrogen-bond donors (Lipinski definition) is 1. The fourth-order valence-electron chi connectivity index (χ4n) is 4.57. The highest BCUT2D eigenvalue weighted by atomic mass is 19.4. The van der Waals surface area contributed by atoms with Gasteiger partial charge in [-0.1, -0.05) is 13.0 Å². The lowest BCUT2D eigenvalue weighted by Crippen LogP contribution is -2.75. The van der Waals surface area contributed by atoms with E-state index in [4.69, 9.17) is 10.5 Å². The van der Waals surface area contributed by atoms with E-state index in [1.807, 2.05) is 6.92 Å². The predicted octanol–water partition coefficient (Wildman–Crippen LogP) is 5.95. The molecule has 1 amide bonds. The van der Waals surface area contributed by atoms with Crippen LogP contribution < -0.4 is 10.6 Å². The summed E-state index contributed by atoms with van der Waals surface area (Å²) in [6.45, 7) is 11.1. The molecule has 4 nitrogen and oxygen atoms in total. The van der Waals surface area contributed by atoms with Crippen LogP contribution in [0, 0.1) is 5.41 Å². The number of hydrogen-bond acceptors (Lipinski definition) is 3. The third kappa shape index (κ3) is 5.06. The summed E-state index contributed by atoms with van der Waals surface area (Å²) in [6.07, 6.45) is -6.15. The molecule has 186 valence electrons. The standard InChI is InChI=1S/C18H18F6N2O.C5H12O/c1-3-15(2)16(5-4-12(25)9-16)14(27)26(15)13-7-10(17(19,20)21)6-11(8-13)18(22,23)24;1-3-5-6-4-2/h3,6-8,12H,1,4-5,9,25H2,2H3;3-5H2,1-2H3. The number of ether oxygens (including phenoxy) is 1. The average molecular weight is 480 g/mol. The highest BCUT2D eigenvalue weighted by Crippen LogP contribution is 2.60. The monoisotopic (exact) mass is 480 g/mol. The molecule has 3 unspecified atom stereocenters. The summed E-state index contributed by atoms with van der Waals surface area (Å²) in [4.78, 5) is 13.9. The predicted molar refractivity (Wildman–Crippen MR) is 114 cm³/mol. The van der Waals surface area contributed by atoms with E-state index in [-0.39, 0.29) is 12.1 Å². The van der Waals surface area contributed by atoms with Crippen LogP contribution in [0.25, 0.3) is 0 Å². The van der Waals surface area contributed by atoms with Crippen molar-refractivity contribution in [3.8, 4) is 0 Å². The zero-order valence-corrected chi connectivity index (χ0v) is 18.9. The molecule has 1 saturated carbocycles. The largest absolute Gasteiger partial charge is 0.416 e. The van der Waals surface area contributed by atoms with Crippen LogP contribution in [-0.4, -0.2) is 30.7 Å². The molecule has 3 rings (SSSR count). The fourth-order valence-corrected chi connectivity index (χ4v) is 4.57. The molecule has 2 aliphatic rings. The Kier molecular flexibility index (Phi) is 7.95. The van der Waals surface area contributed by atoms with Crippen molar-refractivity contribution in [1.82, 2.24) is 0 Å². The topological polar surface area (TPSA) is 55.6 Å². The van der Waals surface area contributed by atoms with E-state index in [9.17, 15) is 31.1 Å². The quantitative estimate of drug-likeness (QED) is 0.245. The number of amides is 1. The number of benzene rings is 1. The molecule has 1 aromatic rings. The Hall–Kier alpha value is -2.07. The fraction of sp³-hybridized carbons (Fsp3) is 0.609. The Bertz CT molecular complexity index is 833. The number of carbonyl (C=O) groups excluding carboxylic acids is 1. The molecule has 2 N–H and O–H groups in total. The first-order valence-electron chi connectivity index (χ1n) is 10.8. The molecule has 1 aromatic carbocycles. The molecule has 0 bridgehead atoms. The van der Waals surface area contributed by atoms with E-state index in [0.29, 0.717) is 31.4 Å². The number of anilines is 1.